The molecule has 0 fully saturated rings. The molecule has 0 aliphatic heterocycles. The Hall–Kier alpha value is -1.31. The molecule has 0 aromatic heterocycles. The van der Waals surface area contributed by atoms with Gasteiger partial charge in [0, 0.05) is 17.0 Å². The van der Waals surface area contributed by atoms with Gasteiger partial charge in [-0.15, -0.1) is 0 Å². The highest BCUT2D eigenvalue weighted by Gasteiger charge is 2.33. The number of nitrogens with one attached hydrogen (secondary N) is 1. The van der Waals surface area contributed by atoms with Gasteiger partial charge in [-0.25, -0.2) is 0 Å². The Morgan fingerprint density at radius 2 is 2.05 bits per heavy atom. The largest absolute Gasteiger partial charge is 0.309 e. The van der Waals surface area contributed by atoms with Crippen LogP contribution in [0.1, 0.15) is 47.6 Å². The molecular formula is C19H22ClN. The van der Waals surface area contributed by atoms with Crippen molar-refractivity contribution in [1.82, 2.24) is 5.32 Å². The molecule has 0 saturated carbocycles. The lowest BCUT2D eigenvalue weighted by Gasteiger charge is -2.37. The summed E-state index contributed by atoms with van der Waals surface area (Å²) in [6.45, 7) is 5.30. The quantitative estimate of drug-likeness (QED) is 0.816. The molecule has 0 heterocycles. The van der Waals surface area contributed by atoms with Crippen LogP contribution in [0.25, 0.3) is 0 Å². The Kier molecular flexibility index (Phi) is 4.32. The van der Waals surface area contributed by atoms with E-state index in [1.807, 2.05) is 0 Å². The smallest absolute Gasteiger partial charge is 0.0438 e. The first kappa shape index (κ1) is 14.6. The molecule has 0 bridgehead atoms. The second kappa shape index (κ2) is 6.21. The van der Waals surface area contributed by atoms with Crippen molar-refractivity contribution in [1.29, 1.82) is 0 Å². The van der Waals surface area contributed by atoms with Crippen LogP contribution in [0.4, 0.5) is 0 Å². The number of hydrogen-bond donors (Lipinski definition) is 1. The van der Waals surface area contributed by atoms with Crippen molar-refractivity contribution in [2.75, 3.05) is 6.54 Å². The summed E-state index contributed by atoms with van der Waals surface area (Å²) in [7, 11) is 0. The Bertz CT molecular complexity index is 635. The molecule has 1 aliphatic rings. The maximum absolute atomic E-state index is 6.33. The molecule has 2 aromatic rings. The number of rotatable bonds is 5. The van der Waals surface area contributed by atoms with Gasteiger partial charge in [0.15, 0.2) is 0 Å². The van der Waals surface area contributed by atoms with E-state index in [9.17, 15) is 0 Å². The number of benzene rings is 2. The van der Waals surface area contributed by atoms with Gasteiger partial charge in [-0.05, 0) is 54.6 Å². The molecule has 2 aromatic carbocycles. The van der Waals surface area contributed by atoms with Crippen molar-refractivity contribution in [2.24, 2.45) is 0 Å². The summed E-state index contributed by atoms with van der Waals surface area (Å²) in [5, 5.41) is 4.58. The van der Waals surface area contributed by atoms with Gasteiger partial charge in [0.2, 0.25) is 0 Å². The second-order valence-electron chi connectivity index (χ2n) is 5.95. The van der Waals surface area contributed by atoms with Gasteiger partial charge < -0.3 is 5.32 Å². The Labute approximate surface area is 132 Å². The molecule has 0 spiro atoms. The minimum absolute atomic E-state index is 0.359. The van der Waals surface area contributed by atoms with Crippen LogP contribution in [0.2, 0.25) is 5.02 Å². The summed E-state index contributed by atoms with van der Waals surface area (Å²) in [5.41, 5.74) is 5.43. The third-order valence-electron chi connectivity index (χ3n) is 4.47. The second-order valence-corrected chi connectivity index (χ2v) is 6.36. The maximum atomic E-state index is 6.33. The zero-order valence-corrected chi connectivity index (χ0v) is 13.5. The van der Waals surface area contributed by atoms with E-state index in [4.69, 9.17) is 11.6 Å². The van der Waals surface area contributed by atoms with E-state index in [1.54, 1.807) is 0 Å². The number of aryl methyl sites for hydroxylation is 1. The first-order chi connectivity index (χ1) is 10.2. The van der Waals surface area contributed by atoms with Gasteiger partial charge in [0.25, 0.3) is 0 Å². The fourth-order valence-corrected chi connectivity index (χ4v) is 3.38. The van der Waals surface area contributed by atoms with Gasteiger partial charge in [0.05, 0.1) is 0 Å². The van der Waals surface area contributed by atoms with Crippen LogP contribution in [0.5, 0.6) is 0 Å². The maximum Gasteiger partial charge on any atom is 0.0438 e. The molecule has 0 saturated heterocycles. The summed E-state index contributed by atoms with van der Waals surface area (Å²) in [5.74, 6) is 0.562. The van der Waals surface area contributed by atoms with Gasteiger partial charge >= 0.3 is 0 Å². The van der Waals surface area contributed by atoms with E-state index >= 15 is 0 Å². The van der Waals surface area contributed by atoms with Crippen molar-refractivity contribution in [3.63, 3.8) is 0 Å². The predicted octanol–water partition coefficient (Wildman–Crippen LogP) is 5.03. The van der Waals surface area contributed by atoms with E-state index in [1.165, 1.54) is 16.7 Å². The third kappa shape index (κ3) is 2.86. The molecule has 3 rings (SSSR count). The molecule has 0 amide bonds. The molecule has 2 atom stereocenters. The fourth-order valence-electron chi connectivity index (χ4n) is 3.19. The highest BCUT2D eigenvalue weighted by Crippen LogP contribution is 2.43. The lowest BCUT2D eigenvalue weighted by atomic mass is 9.71. The summed E-state index contributed by atoms with van der Waals surface area (Å²) in [6, 6.07) is 15.6. The van der Waals surface area contributed by atoms with Crippen LogP contribution in [-0.4, -0.2) is 6.54 Å². The van der Waals surface area contributed by atoms with Crippen LogP contribution in [0.3, 0.4) is 0 Å². The van der Waals surface area contributed by atoms with E-state index in [2.05, 4.69) is 61.6 Å². The Balaban J connectivity index is 1.90. The van der Waals surface area contributed by atoms with Crippen LogP contribution >= 0.6 is 11.6 Å². The molecule has 2 unspecified atom stereocenters. The zero-order valence-electron chi connectivity index (χ0n) is 12.7. The monoisotopic (exact) mass is 299 g/mol. The van der Waals surface area contributed by atoms with Crippen molar-refractivity contribution >= 4 is 11.6 Å². The van der Waals surface area contributed by atoms with E-state index in [0.717, 1.165) is 30.0 Å². The molecule has 2 heteroatoms. The standard InChI is InChI=1S/C19H22ClN/c1-3-10-21-19(15-9-8-13(2)18(20)12-15)17-11-14-6-4-5-7-16(14)17/h4-9,12,17,19,21H,3,10-11H2,1-2H3. The minimum atomic E-state index is 0.359. The van der Waals surface area contributed by atoms with Crippen LogP contribution in [-0.2, 0) is 6.42 Å². The summed E-state index contributed by atoms with van der Waals surface area (Å²) in [4.78, 5) is 0. The van der Waals surface area contributed by atoms with E-state index < -0.39 is 0 Å². The van der Waals surface area contributed by atoms with Gasteiger partial charge in [-0.3, -0.25) is 0 Å². The first-order valence-electron chi connectivity index (χ1n) is 7.78. The highest BCUT2D eigenvalue weighted by molar-refractivity contribution is 6.31. The lowest BCUT2D eigenvalue weighted by Crippen LogP contribution is -2.33. The summed E-state index contributed by atoms with van der Waals surface area (Å²) >= 11 is 6.33. The molecule has 0 radical (unpaired) electrons. The van der Waals surface area contributed by atoms with Crippen LogP contribution < -0.4 is 5.32 Å². The fraction of sp³-hybridized carbons (Fsp3) is 0.368. The topological polar surface area (TPSA) is 12.0 Å². The first-order valence-corrected chi connectivity index (χ1v) is 8.15. The van der Waals surface area contributed by atoms with Crippen molar-refractivity contribution in [3.8, 4) is 0 Å². The van der Waals surface area contributed by atoms with Gasteiger partial charge in [-0.2, -0.15) is 0 Å². The van der Waals surface area contributed by atoms with E-state index in [-0.39, 0.29) is 0 Å². The minimum Gasteiger partial charge on any atom is -0.309 e. The number of fused-ring (bicyclic) bond motifs is 1. The van der Waals surface area contributed by atoms with Gasteiger partial charge in [0.1, 0.15) is 0 Å². The zero-order chi connectivity index (χ0) is 14.8. The SMILES string of the molecule is CCCNC(c1ccc(C)c(Cl)c1)C1Cc2ccccc21. The number of hydrogen-bond acceptors (Lipinski definition) is 1. The van der Waals surface area contributed by atoms with Crippen molar-refractivity contribution < 1.29 is 0 Å². The highest BCUT2D eigenvalue weighted by atomic mass is 35.5. The molecule has 21 heavy (non-hydrogen) atoms. The van der Waals surface area contributed by atoms with Crippen molar-refractivity contribution in [3.05, 3.63) is 69.7 Å². The molecule has 1 aliphatic carbocycles. The van der Waals surface area contributed by atoms with Crippen LogP contribution in [0.15, 0.2) is 42.5 Å². The normalized spacial score (nSPS) is 18.0. The predicted molar refractivity (Wildman–Crippen MR) is 90.1 cm³/mol. The molecular weight excluding hydrogens is 278 g/mol. The van der Waals surface area contributed by atoms with Gasteiger partial charge in [-0.1, -0.05) is 54.9 Å². The van der Waals surface area contributed by atoms with Crippen molar-refractivity contribution in [2.45, 2.75) is 38.6 Å². The Morgan fingerprint density at radius 3 is 2.76 bits per heavy atom. The van der Waals surface area contributed by atoms with Crippen LogP contribution in [0, 0.1) is 6.92 Å². The molecule has 110 valence electrons. The third-order valence-corrected chi connectivity index (χ3v) is 4.87. The summed E-state index contributed by atoms with van der Waals surface area (Å²) in [6.07, 6.45) is 2.30. The average molecular weight is 300 g/mol. The molecule has 1 nitrogen and oxygen atoms in total. The lowest BCUT2D eigenvalue weighted by molar-refractivity contribution is 0.411. The number of halogens is 1. The Morgan fingerprint density at radius 1 is 1.24 bits per heavy atom. The average Bonchev–Trinajstić information content (AvgIpc) is 2.47. The van der Waals surface area contributed by atoms with E-state index in [0.29, 0.717) is 12.0 Å². The summed E-state index contributed by atoms with van der Waals surface area (Å²) < 4.78 is 0. The molecule has 1 N–H and O–H groups in total.